The zero-order chi connectivity index (χ0) is 29.2. The number of rotatable bonds is 8. The molecule has 9 nitrogen and oxygen atoms in total. The van der Waals surface area contributed by atoms with Gasteiger partial charge in [-0.2, -0.15) is 5.26 Å². The SMILES string of the molecule is CCN1CCC(N2C=C([C@@H](Nc3cc(Cl)c4ncc(C#N)c(Nc5ccc(C)c(Cl)c5)c4c3)c3cncs3)NN2)CC1. The fourth-order valence-corrected chi connectivity index (χ4v) is 6.55. The van der Waals surface area contributed by atoms with Gasteiger partial charge < -0.3 is 21.0 Å². The van der Waals surface area contributed by atoms with E-state index in [0.29, 0.717) is 32.9 Å². The second kappa shape index (κ2) is 12.3. The average molecular weight is 621 g/mol. The lowest BCUT2D eigenvalue weighted by Gasteiger charge is -2.35. The van der Waals surface area contributed by atoms with Crippen LogP contribution in [0.25, 0.3) is 10.9 Å². The van der Waals surface area contributed by atoms with Crippen LogP contribution in [0, 0.1) is 18.3 Å². The van der Waals surface area contributed by atoms with Gasteiger partial charge in [-0.25, -0.2) is 0 Å². The van der Waals surface area contributed by atoms with Crippen LogP contribution >= 0.6 is 34.5 Å². The number of hydrogen-bond acceptors (Lipinski definition) is 10. The van der Waals surface area contributed by atoms with E-state index < -0.39 is 0 Å². The number of thiazole rings is 1. The minimum atomic E-state index is -0.210. The van der Waals surface area contributed by atoms with Crippen molar-refractivity contribution in [2.75, 3.05) is 30.3 Å². The molecule has 4 heterocycles. The summed E-state index contributed by atoms with van der Waals surface area (Å²) in [7, 11) is 0. The van der Waals surface area contributed by atoms with E-state index in [1.807, 2.05) is 49.0 Å². The maximum Gasteiger partial charge on any atom is 0.105 e. The van der Waals surface area contributed by atoms with Crippen LogP contribution < -0.4 is 21.6 Å². The molecule has 0 unspecified atom stereocenters. The van der Waals surface area contributed by atoms with Crippen molar-refractivity contribution >= 4 is 62.5 Å². The Labute approximate surface area is 259 Å². The lowest BCUT2D eigenvalue weighted by molar-refractivity contribution is 0.112. The van der Waals surface area contributed by atoms with Gasteiger partial charge in [0.25, 0.3) is 0 Å². The van der Waals surface area contributed by atoms with E-state index in [1.165, 1.54) is 6.20 Å². The third kappa shape index (κ3) is 5.84. The minimum Gasteiger partial charge on any atom is -0.372 e. The number of halogens is 2. The van der Waals surface area contributed by atoms with Crippen molar-refractivity contribution in [2.24, 2.45) is 0 Å². The fourth-order valence-electron chi connectivity index (χ4n) is 5.41. The standard InChI is InChI=1S/C30H31Cl2N9S/c1-3-40-8-6-22(7-9-40)41-16-26(38-39-41)30(27-15-34-17-42-27)37-21-10-23-28(36-20-5-4-18(2)24(31)11-20)19(13-33)14-35-29(23)25(32)12-21/h4-5,10-12,14-17,22,30,37-39H,3,6-9H2,1-2H3,(H,35,36)/t30-/m1/s1. The van der Waals surface area contributed by atoms with Gasteiger partial charge in [-0.05, 0) is 56.1 Å². The van der Waals surface area contributed by atoms with Gasteiger partial charge in [0.1, 0.15) is 12.1 Å². The van der Waals surface area contributed by atoms with E-state index in [-0.39, 0.29) is 6.04 Å². The van der Waals surface area contributed by atoms with E-state index in [2.05, 4.69) is 60.7 Å². The first-order valence-electron chi connectivity index (χ1n) is 13.9. The number of piperidine rings is 1. The molecule has 12 heteroatoms. The Morgan fingerprint density at radius 3 is 2.67 bits per heavy atom. The summed E-state index contributed by atoms with van der Waals surface area (Å²) < 4.78 is 0. The zero-order valence-corrected chi connectivity index (χ0v) is 25.6. The first kappa shape index (κ1) is 28.5. The highest BCUT2D eigenvalue weighted by molar-refractivity contribution is 7.09. The second-order valence-corrected chi connectivity index (χ2v) is 12.2. The number of hydrogen-bond donors (Lipinski definition) is 4. The summed E-state index contributed by atoms with van der Waals surface area (Å²) in [6.45, 7) is 7.45. The molecule has 216 valence electrons. The molecule has 42 heavy (non-hydrogen) atoms. The van der Waals surface area contributed by atoms with Crippen molar-refractivity contribution in [1.29, 1.82) is 5.26 Å². The number of nitrogens with one attached hydrogen (secondary N) is 4. The van der Waals surface area contributed by atoms with Gasteiger partial charge >= 0.3 is 0 Å². The fraction of sp³-hybridized carbons (Fsp3) is 0.300. The number of aryl methyl sites for hydroxylation is 1. The van der Waals surface area contributed by atoms with Crippen molar-refractivity contribution in [1.82, 2.24) is 30.8 Å². The quantitative estimate of drug-likeness (QED) is 0.171. The molecule has 0 aliphatic carbocycles. The monoisotopic (exact) mass is 619 g/mol. The minimum absolute atomic E-state index is 0.210. The lowest BCUT2D eigenvalue weighted by atomic mass is 10.0. The molecule has 0 radical (unpaired) electrons. The first-order chi connectivity index (χ1) is 20.4. The summed E-state index contributed by atoms with van der Waals surface area (Å²) >= 11 is 14.8. The van der Waals surface area contributed by atoms with Gasteiger partial charge in [-0.3, -0.25) is 15.0 Å². The van der Waals surface area contributed by atoms with Crippen molar-refractivity contribution in [3.8, 4) is 6.07 Å². The van der Waals surface area contributed by atoms with Crippen LogP contribution in [0.1, 0.15) is 41.8 Å². The van der Waals surface area contributed by atoms with E-state index in [9.17, 15) is 5.26 Å². The van der Waals surface area contributed by atoms with Gasteiger partial charge in [0.15, 0.2) is 0 Å². The predicted molar refractivity (Wildman–Crippen MR) is 171 cm³/mol. The zero-order valence-electron chi connectivity index (χ0n) is 23.3. The molecule has 1 fully saturated rings. The summed E-state index contributed by atoms with van der Waals surface area (Å²) in [5, 5.41) is 21.0. The number of likely N-dealkylation sites (tertiary alicyclic amines) is 1. The molecular weight excluding hydrogens is 589 g/mol. The molecule has 0 amide bonds. The van der Waals surface area contributed by atoms with Crippen LogP contribution in [0.15, 0.2) is 60.1 Å². The number of nitrogens with zero attached hydrogens (tertiary/aromatic N) is 5. The Balaban J connectivity index is 1.34. The highest BCUT2D eigenvalue weighted by Gasteiger charge is 2.29. The van der Waals surface area contributed by atoms with Crippen molar-refractivity contribution in [3.63, 3.8) is 0 Å². The molecule has 4 N–H and O–H groups in total. The Morgan fingerprint density at radius 2 is 1.95 bits per heavy atom. The van der Waals surface area contributed by atoms with Crippen molar-refractivity contribution in [2.45, 2.75) is 38.8 Å². The second-order valence-electron chi connectivity index (χ2n) is 10.5. The molecule has 0 saturated carbocycles. The van der Waals surface area contributed by atoms with E-state index >= 15 is 0 Å². The smallest absolute Gasteiger partial charge is 0.105 e. The van der Waals surface area contributed by atoms with E-state index in [4.69, 9.17) is 23.2 Å². The third-order valence-corrected chi connectivity index (χ3v) is 9.39. The molecular formula is C30H31Cl2N9S. The number of nitriles is 1. The average Bonchev–Trinajstić information content (AvgIpc) is 3.72. The van der Waals surface area contributed by atoms with Gasteiger partial charge in [0.05, 0.1) is 37.9 Å². The Hall–Kier alpha value is -3.59. The highest BCUT2D eigenvalue weighted by atomic mass is 35.5. The maximum atomic E-state index is 9.93. The van der Waals surface area contributed by atoms with Gasteiger partial charge in [-0.1, -0.05) is 36.2 Å². The number of hydrazine groups is 2. The molecule has 2 aliphatic heterocycles. The number of aromatic nitrogens is 2. The van der Waals surface area contributed by atoms with Gasteiger partial charge in [0, 0.05) is 59.5 Å². The van der Waals surface area contributed by atoms with Crippen LogP contribution in [-0.4, -0.2) is 45.6 Å². The molecule has 0 spiro atoms. The van der Waals surface area contributed by atoms with Crippen LogP contribution in [-0.2, 0) is 0 Å². The first-order valence-corrected chi connectivity index (χ1v) is 15.5. The van der Waals surface area contributed by atoms with E-state index in [0.717, 1.165) is 65.4 Å². The van der Waals surface area contributed by atoms with Crippen molar-refractivity contribution < 1.29 is 0 Å². The van der Waals surface area contributed by atoms with Crippen LogP contribution in [0.5, 0.6) is 0 Å². The van der Waals surface area contributed by atoms with Crippen molar-refractivity contribution in [3.05, 3.63) is 86.2 Å². The summed E-state index contributed by atoms with van der Waals surface area (Å²) in [4.78, 5) is 12.4. The third-order valence-electron chi connectivity index (χ3n) is 7.85. The molecule has 0 bridgehead atoms. The number of fused-ring (bicyclic) bond motifs is 1. The molecule has 2 aromatic carbocycles. The molecule has 1 saturated heterocycles. The van der Waals surface area contributed by atoms with E-state index in [1.54, 1.807) is 11.3 Å². The summed E-state index contributed by atoms with van der Waals surface area (Å²) in [5.41, 5.74) is 13.7. The van der Waals surface area contributed by atoms with Crippen LogP contribution in [0.4, 0.5) is 17.1 Å². The predicted octanol–water partition coefficient (Wildman–Crippen LogP) is 6.73. The number of benzene rings is 2. The van der Waals surface area contributed by atoms with Gasteiger partial charge in [-0.15, -0.1) is 16.9 Å². The highest BCUT2D eigenvalue weighted by Crippen LogP contribution is 2.38. The molecule has 4 aromatic rings. The summed E-state index contributed by atoms with van der Waals surface area (Å²) in [6.07, 6.45) is 7.76. The maximum absolute atomic E-state index is 9.93. The lowest BCUT2D eigenvalue weighted by Crippen LogP contribution is -2.48. The number of anilines is 3. The Kier molecular flexibility index (Phi) is 8.38. The normalized spacial score (nSPS) is 16.6. The number of pyridine rings is 1. The molecule has 2 aromatic heterocycles. The topological polar surface area (TPSA) is 104 Å². The van der Waals surface area contributed by atoms with Crippen LogP contribution in [0.2, 0.25) is 10.0 Å². The summed E-state index contributed by atoms with van der Waals surface area (Å²) in [6, 6.07) is 12.0. The summed E-state index contributed by atoms with van der Waals surface area (Å²) in [5.74, 6) is 0. The molecule has 1 atom stereocenters. The Bertz CT molecular complexity index is 1660. The largest absolute Gasteiger partial charge is 0.372 e. The van der Waals surface area contributed by atoms with Gasteiger partial charge in [0.2, 0.25) is 0 Å². The Morgan fingerprint density at radius 1 is 1.14 bits per heavy atom. The van der Waals surface area contributed by atoms with Crippen LogP contribution in [0.3, 0.4) is 0 Å². The molecule has 6 rings (SSSR count). The molecule has 2 aliphatic rings.